The van der Waals surface area contributed by atoms with Gasteiger partial charge in [0.25, 0.3) is 0 Å². The van der Waals surface area contributed by atoms with E-state index in [0.717, 1.165) is 6.42 Å². The predicted molar refractivity (Wildman–Crippen MR) is 50.3 cm³/mol. The molecule has 1 aliphatic rings. The molecule has 4 heteroatoms. The second kappa shape index (κ2) is 4.07. The minimum absolute atomic E-state index is 0.0279. The van der Waals surface area contributed by atoms with Crippen LogP contribution in [0.25, 0.3) is 0 Å². The summed E-state index contributed by atoms with van der Waals surface area (Å²) in [7, 11) is 0. The molecule has 1 saturated heterocycles. The lowest BCUT2D eigenvalue weighted by molar-refractivity contribution is -0.129. The fourth-order valence-corrected chi connectivity index (χ4v) is 1.21. The molecule has 0 saturated carbocycles. The lowest BCUT2D eigenvalue weighted by Crippen LogP contribution is -2.59. The van der Waals surface area contributed by atoms with E-state index in [9.17, 15) is 4.79 Å². The number of ether oxygens (including phenoxy) is 1. The maximum absolute atomic E-state index is 11.4. The Morgan fingerprint density at radius 2 is 2.31 bits per heavy atom. The van der Waals surface area contributed by atoms with Gasteiger partial charge in [-0.3, -0.25) is 4.79 Å². The number of rotatable bonds is 4. The molecular formula is C9H18N2O2. The van der Waals surface area contributed by atoms with E-state index >= 15 is 0 Å². The van der Waals surface area contributed by atoms with Gasteiger partial charge in [0.2, 0.25) is 5.91 Å². The summed E-state index contributed by atoms with van der Waals surface area (Å²) < 4.78 is 4.97. The van der Waals surface area contributed by atoms with Crippen LogP contribution in [0, 0.1) is 0 Å². The van der Waals surface area contributed by atoms with Crippen LogP contribution in [0.15, 0.2) is 0 Å². The first-order valence-corrected chi connectivity index (χ1v) is 4.72. The Bertz CT molecular complexity index is 190. The van der Waals surface area contributed by atoms with Gasteiger partial charge in [0, 0.05) is 12.5 Å². The summed E-state index contributed by atoms with van der Waals surface area (Å²) in [6.07, 6.45) is 1.32. The third-order valence-corrected chi connectivity index (χ3v) is 2.31. The number of carbonyl (C=O) groups is 1. The van der Waals surface area contributed by atoms with Crippen LogP contribution in [-0.2, 0) is 9.53 Å². The predicted octanol–water partition coefficient (Wildman–Crippen LogP) is 0.0189. The van der Waals surface area contributed by atoms with Crippen LogP contribution in [0.1, 0.15) is 26.7 Å². The highest BCUT2D eigenvalue weighted by molar-refractivity contribution is 5.77. The van der Waals surface area contributed by atoms with Gasteiger partial charge in [-0.2, -0.15) is 0 Å². The summed E-state index contributed by atoms with van der Waals surface area (Å²) in [5.74, 6) is 0.0279. The minimum atomic E-state index is -0.405. The van der Waals surface area contributed by atoms with Gasteiger partial charge >= 0.3 is 0 Å². The average molecular weight is 186 g/mol. The van der Waals surface area contributed by atoms with Crippen LogP contribution in [0.3, 0.4) is 0 Å². The van der Waals surface area contributed by atoms with E-state index in [1.807, 2.05) is 13.8 Å². The summed E-state index contributed by atoms with van der Waals surface area (Å²) in [6, 6.07) is 0.233. The first-order valence-electron chi connectivity index (χ1n) is 4.72. The van der Waals surface area contributed by atoms with E-state index in [0.29, 0.717) is 19.6 Å². The van der Waals surface area contributed by atoms with E-state index in [1.54, 1.807) is 0 Å². The maximum Gasteiger partial charge on any atom is 0.222 e. The van der Waals surface area contributed by atoms with Crippen molar-refractivity contribution in [3.63, 3.8) is 0 Å². The molecule has 0 aromatic rings. The zero-order valence-electron chi connectivity index (χ0n) is 8.30. The van der Waals surface area contributed by atoms with Gasteiger partial charge in [0.05, 0.1) is 18.8 Å². The topological polar surface area (TPSA) is 64.4 Å². The zero-order valence-corrected chi connectivity index (χ0v) is 8.30. The molecule has 13 heavy (non-hydrogen) atoms. The summed E-state index contributed by atoms with van der Waals surface area (Å²) >= 11 is 0. The van der Waals surface area contributed by atoms with Crippen molar-refractivity contribution in [2.24, 2.45) is 5.73 Å². The molecule has 0 aromatic carbocycles. The lowest BCUT2D eigenvalue weighted by Gasteiger charge is -2.37. The largest absolute Gasteiger partial charge is 0.377 e. The molecule has 0 bridgehead atoms. The van der Waals surface area contributed by atoms with Crippen molar-refractivity contribution in [3.8, 4) is 0 Å². The summed E-state index contributed by atoms with van der Waals surface area (Å²) in [4.78, 5) is 11.4. The van der Waals surface area contributed by atoms with E-state index in [-0.39, 0.29) is 11.9 Å². The zero-order chi connectivity index (χ0) is 9.90. The van der Waals surface area contributed by atoms with Crippen molar-refractivity contribution in [3.05, 3.63) is 0 Å². The molecule has 0 aliphatic carbocycles. The molecule has 3 N–H and O–H groups in total. The number of amides is 1. The van der Waals surface area contributed by atoms with Crippen LogP contribution in [-0.4, -0.2) is 30.7 Å². The highest BCUT2D eigenvalue weighted by Gasteiger charge is 2.36. The second-order valence-electron chi connectivity index (χ2n) is 3.91. The molecule has 1 heterocycles. The van der Waals surface area contributed by atoms with Gasteiger partial charge in [0.1, 0.15) is 0 Å². The van der Waals surface area contributed by atoms with Gasteiger partial charge in [-0.05, 0) is 13.3 Å². The van der Waals surface area contributed by atoms with Crippen molar-refractivity contribution in [2.75, 3.05) is 13.2 Å². The number of nitrogens with one attached hydrogen (secondary N) is 1. The molecule has 1 fully saturated rings. The third kappa shape index (κ3) is 2.97. The molecule has 76 valence electrons. The molecule has 1 rings (SSSR count). The molecule has 0 aromatic heterocycles. The quantitative estimate of drug-likeness (QED) is 0.650. The first-order chi connectivity index (χ1) is 6.06. The first kappa shape index (κ1) is 10.5. The summed E-state index contributed by atoms with van der Waals surface area (Å²) in [5, 5.41) is 2.88. The smallest absolute Gasteiger partial charge is 0.222 e. The van der Waals surface area contributed by atoms with E-state index < -0.39 is 5.54 Å². The number of hydrogen-bond donors (Lipinski definition) is 2. The van der Waals surface area contributed by atoms with Gasteiger partial charge in [-0.25, -0.2) is 0 Å². The standard InChI is InChI=1S/C9H18N2O2/c1-3-7(2)11-8(12)4-9(10)5-13-6-9/h7H,3-6,10H2,1-2H3,(H,11,12). The molecule has 1 unspecified atom stereocenters. The fourth-order valence-electron chi connectivity index (χ4n) is 1.21. The molecule has 1 amide bonds. The third-order valence-electron chi connectivity index (χ3n) is 2.31. The van der Waals surface area contributed by atoms with Gasteiger partial charge < -0.3 is 15.8 Å². The highest BCUT2D eigenvalue weighted by atomic mass is 16.5. The van der Waals surface area contributed by atoms with Crippen LogP contribution in [0.2, 0.25) is 0 Å². The van der Waals surface area contributed by atoms with Crippen LogP contribution >= 0.6 is 0 Å². The van der Waals surface area contributed by atoms with Crippen molar-refractivity contribution in [2.45, 2.75) is 38.3 Å². The lowest BCUT2D eigenvalue weighted by atomic mass is 9.94. The van der Waals surface area contributed by atoms with E-state index in [1.165, 1.54) is 0 Å². The molecule has 1 atom stereocenters. The number of nitrogens with two attached hydrogens (primary N) is 1. The van der Waals surface area contributed by atoms with E-state index in [2.05, 4.69) is 5.32 Å². The van der Waals surface area contributed by atoms with Crippen molar-refractivity contribution in [1.82, 2.24) is 5.32 Å². The van der Waals surface area contributed by atoms with Crippen LogP contribution in [0.4, 0.5) is 0 Å². The monoisotopic (exact) mass is 186 g/mol. The van der Waals surface area contributed by atoms with Crippen molar-refractivity contribution in [1.29, 1.82) is 0 Å². The Kier molecular flexibility index (Phi) is 3.27. The Morgan fingerprint density at radius 3 is 2.69 bits per heavy atom. The molecule has 0 radical (unpaired) electrons. The SMILES string of the molecule is CCC(C)NC(=O)CC1(N)COC1. The minimum Gasteiger partial charge on any atom is -0.377 e. The second-order valence-corrected chi connectivity index (χ2v) is 3.91. The van der Waals surface area contributed by atoms with Crippen molar-refractivity contribution < 1.29 is 9.53 Å². The Labute approximate surface area is 78.8 Å². The molecule has 0 spiro atoms. The van der Waals surface area contributed by atoms with Gasteiger partial charge in [0.15, 0.2) is 0 Å². The van der Waals surface area contributed by atoms with Crippen molar-refractivity contribution >= 4 is 5.91 Å². The highest BCUT2D eigenvalue weighted by Crippen LogP contribution is 2.17. The summed E-state index contributed by atoms with van der Waals surface area (Å²) in [6.45, 7) is 5.02. The number of carbonyl (C=O) groups excluding carboxylic acids is 1. The number of hydrogen-bond acceptors (Lipinski definition) is 3. The van der Waals surface area contributed by atoms with Crippen LogP contribution in [0.5, 0.6) is 0 Å². The van der Waals surface area contributed by atoms with Crippen LogP contribution < -0.4 is 11.1 Å². The average Bonchev–Trinajstić information content (AvgIpc) is 2.01. The molecule has 1 aliphatic heterocycles. The normalized spacial score (nSPS) is 21.8. The Hall–Kier alpha value is -0.610. The Balaban J connectivity index is 2.24. The van der Waals surface area contributed by atoms with Gasteiger partial charge in [-0.1, -0.05) is 6.92 Å². The Morgan fingerprint density at radius 1 is 1.69 bits per heavy atom. The molecule has 4 nitrogen and oxygen atoms in total. The summed E-state index contributed by atoms with van der Waals surface area (Å²) in [5.41, 5.74) is 5.43. The molecular weight excluding hydrogens is 168 g/mol. The fraction of sp³-hybridized carbons (Fsp3) is 0.889. The van der Waals surface area contributed by atoms with E-state index in [4.69, 9.17) is 10.5 Å². The maximum atomic E-state index is 11.4. The van der Waals surface area contributed by atoms with Gasteiger partial charge in [-0.15, -0.1) is 0 Å².